The second-order valence-corrected chi connectivity index (χ2v) is 3.14. The van der Waals surface area contributed by atoms with Crippen LogP contribution in [0.25, 0.3) is 0 Å². The molecule has 0 unspecified atom stereocenters. The van der Waals surface area contributed by atoms with Gasteiger partial charge in [0.05, 0.1) is 12.8 Å². The Labute approximate surface area is 93.1 Å². The molecule has 0 bridgehead atoms. The molecule has 5 nitrogen and oxygen atoms in total. The summed E-state index contributed by atoms with van der Waals surface area (Å²) < 4.78 is 4.94. The Kier molecular flexibility index (Phi) is 5.01. The van der Waals surface area contributed by atoms with Gasteiger partial charge in [0, 0.05) is 0 Å². The minimum atomic E-state index is -0.628. The third-order valence-electron chi connectivity index (χ3n) is 1.91. The fraction of sp³-hybridized carbons (Fsp3) is 0.273. The monoisotopic (exact) mass is 223 g/mol. The van der Waals surface area contributed by atoms with Gasteiger partial charge in [0.2, 0.25) is 0 Å². The number of carbonyl (C=O) groups excluding carboxylic acids is 2. The molecule has 0 amide bonds. The number of hydrogen-bond acceptors (Lipinski definition) is 5. The molecule has 0 radical (unpaired) electrons. The summed E-state index contributed by atoms with van der Waals surface area (Å²) >= 11 is 0. The Bertz CT molecular complexity index is 350. The van der Waals surface area contributed by atoms with Crippen LogP contribution >= 0.6 is 0 Å². The summed E-state index contributed by atoms with van der Waals surface area (Å²) in [4.78, 5) is 25.7. The van der Waals surface area contributed by atoms with E-state index < -0.39 is 11.9 Å². The van der Waals surface area contributed by atoms with Crippen molar-refractivity contribution in [2.75, 3.05) is 0 Å². The lowest BCUT2D eigenvalue weighted by Crippen LogP contribution is -2.13. The zero-order valence-corrected chi connectivity index (χ0v) is 8.72. The highest BCUT2D eigenvalue weighted by atomic mass is 16.7. The molecular formula is C11H13NO4. The third kappa shape index (κ3) is 4.56. The lowest BCUT2D eigenvalue weighted by Gasteiger charge is -2.03. The van der Waals surface area contributed by atoms with Crippen LogP contribution < -0.4 is 5.90 Å². The van der Waals surface area contributed by atoms with E-state index in [1.165, 1.54) is 0 Å². The molecule has 2 N–H and O–H groups in total. The van der Waals surface area contributed by atoms with Crippen molar-refractivity contribution < 1.29 is 19.2 Å². The van der Waals surface area contributed by atoms with Crippen molar-refractivity contribution in [1.29, 1.82) is 0 Å². The van der Waals surface area contributed by atoms with Crippen molar-refractivity contribution in [2.45, 2.75) is 19.4 Å². The Hall–Kier alpha value is -1.88. The number of benzene rings is 1. The third-order valence-corrected chi connectivity index (χ3v) is 1.91. The minimum Gasteiger partial charge on any atom is -0.461 e. The van der Waals surface area contributed by atoms with Gasteiger partial charge in [-0.2, -0.15) is 5.90 Å². The van der Waals surface area contributed by atoms with Crippen LogP contribution in [0.5, 0.6) is 0 Å². The topological polar surface area (TPSA) is 78.6 Å². The lowest BCUT2D eigenvalue weighted by molar-refractivity contribution is -0.151. The van der Waals surface area contributed by atoms with Crippen LogP contribution in [0.3, 0.4) is 0 Å². The second kappa shape index (κ2) is 6.58. The van der Waals surface area contributed by atoms with E-state index in [0.717, 1.165) is 5.56 Å². The van der Waals surface area contributed by atoms with Gasteiger partial charge in [-0.3, -0.25) is 9.59 Å². The van der Waals surface area contributed by atoms with E-state index in [4.69, 9.17) is 4.74 Å². The predicted molar refractivity (Wildman–Crippen MR) is 55.8 cm³/mol. The molecule has 0 aliphatic carbocycles. The Morgan fingerprint density at radius 2 is 1.69 bits per heavy atom. The van der Waals surface area contributed by atoms with Gasteiger partial charge in [0.15, 0.2) is 0 Å². The molecule has 0 aromatic heterocycles. The molecule has 5 heteroatoms. The summed E-state index contributed by atoms with van der Waals surface area (Å²) in [5.41, 5.74) is 0.900. The molecule has 1 rings (SSSR count). The number of ether oxygens (including phenoxy) is 1. The number of esters is 1. The van der Waals surface area contributed by atoms with E-state index in [1.807, 2.05) is 30.3 Å². The highest BCUT2D eigenvalue weighted by molar-refractivity contribution is 5.77. The van der Waals surface area contributed by atoms with Crippen LogP contribution in [0.15, 0.2) is 30.3 Å². The van der Waals surface area contributed by atoms with Gasteiger partial charge < -0.3 is 9.57 Å². The maximum absolute atomic E-state index is 11.2. The van der Waals surface area contributed by atoms with Gasteiger partial charge in [-0.1, -0.05) is 30.3 Å². The van der Waals surface area contributed by atoms with E-state index in [2.05, 4.69) is 10.7 Å². The quantitative estimate of drug-likeness (QED) is 0.593. The molecule has 0 fully saturated rings. The molecule has 0 aliphatic heterocycles. The lowest BCUT2D eigenvalue weighted by atomic mass is 10.2. The average Bonchev–Trinajstić information content (AvgIpc) is 2.34. The van der Waals surface area contributed by atoms with Crippen LogP contribution in [0, 0.1) is 0 Å². The van der Waals surface area contributed by atoms with E-state index in [1.54, 1.807) is 0 Å². The standard InChI is InChI=1S/C11H13NO4/c12-16-11(14)7-6-10(13)15-8-9-4-2-1-3-5-9/h1-5H,6-8,12H2. The Morgan fingerprint density at radius 1 is 1.06 bits per heavy atom. The highest BCUT2D eigenvalue weighted by Gasteiger charge is 2.08. The smallest absolute Gasteiger partial charge is 0.325 e. The van der Waals surface area contributed by atoms with Crippen molar-refractivity contribution in [1.82, 2.24) is 0 Å². The fourth-order valence-electron chi connectivity index (χ4n) is 1.07. The Balaban J connectivity index is 2.23. The van der Waals surface area contributed by atoms with Crippen molar-refractivity contribution in [3.8, 4) is 0 Å². The summed E-state index contributed by atoms with van der Waals surface area (Å²) in [6.07, 6.45) is -0.0903. The van der Waals surface area contributed by atoms with Crippen LogP contribution in [0.1, 0.15) is 18.4 Å². The molecule has 0 saturated heterocycles. The molecule has 0 heterocycles. The van der Waals surface area contributed by atoms with E-state index in [-0.39, 0.29) is 19.4 Å². The molecule has 16 heavy (non-hydrogen) atoms. The van der Waals surface area contributed by atoms with Gasteiger partial charge in [-0.15, -0.1) is 0 Å². The molecule has 0 saturated carbocycles. The Morgan fingerprint density at radius 3 is 2.31 bits per heavy atom. The SMILES string of the molecule is NOC(=O)CCC(=O)OCc1ccccc1. The fourth-order valence-corrected chi connectivity index (χ4v) is 1.07. The average molecular weight is 223 g/mol. The van der Waals surface area contributed by atoms with Crippen LogP contribution in [-0.4, -0.2) is 11.9 Å². The van der Waals surface area contributed by atoms with Gasteiger partial charge in [0.1, 0.15) is 6.61 Å². The molecule has 1 aromatic rings. The first-order valence-electron chi connectivity index (χ1n) is 4.81. The van der Waals surface area contributed by atoms with Gasteiger partial charge in [-0.05, 0) is 5.56 Å². The highest BCUT2D eigenvalue weighted by Crippen LogP contribution is 2.02. The zero-order valence-electron chi connectivity index (χ0n) is 8.72. The first-order valence-corrected chi connectivity index (χ1v) is 4.81. The molecule has 1 aromatic carbocycles. The van der Waals surface area contributed by atoms with Crippen molar-refractivity contribution in [3.63, 3.8) is 0 Å². The van der Waals surface area contributed by atoms with Crippen LogP contribution in [-0.2, 0) is 25.8 Å². The van der Waals surface area contributed by atoms with Gasteiger partial charge in [-0.25, -0.2) is 0 Å². The first kappa shape index (κ1) is 12.2. The van der Waals surface area contributed by atoms with Crippen molar-refractivity contribution in [2.24, 2.45) is 5.90 Å². The van der Waals surface area contributed by atoms with Gasteiger partial charge >= 0.3 is 11.9 Å². The second-order valence-electron chi connectivity index (χ2n) is 3.14. The number of nitrogens with two attached hydrogens (primary N) is 1. The minimum absolute atomic E-state index is 0.0249. The van der Waals surface area contributed by atoms with E-state index in [0.29, 0.717) is 0 Å². The summed E-state index contributed by atoms with van der Waals surface area (Å²) in [6, 6.07) is 9.29. The largest absolute Gasteiger partial charge is 0.461 e. The molecule has 0 atom stereocenters. The van der Waals surface area contributed by atoms with E-state index >= 15 is 0 Å². The predicted octanol–water partition coefficient (Wildman–Crippen LogP) is 0.927. The molecule has 0 spiro atoms. The molecule has 0 aliphatic rings. The summed E-state index contributed by atoms with van der Waals surface area (Å²) in [5, 5.41) is 0. The number of carbonyl (C=O) groups is 2. The summed E-state index contributed by atoms with van der Waals surface area (Å²) in [6.45, 7) is 0.206. The first-order chi connectivity index (χ1) is 7.72. The summed E-state index contributed by atoms with van der Waals surface area (Å²) in [5.74, 6) is 3.54. The molecular weight excluding hydrogens is 210 g/mol. The number of hydrogen-bond donors (Lipinski definition) is 1. The van der Waals surface area contributed by atoms with Crippen molar-refractivity contribution >= 4 is 11.9 Å². The normalized spacial score (nSPS) is 9.56. The van der Waals surface area contributed by atoms with Crippen molar-refractivity contribution in [3.05, 3.63) is 35.9 Å². The van der Waals surface area contributed by atoms with Crippen LogP contribution in [0.4, 0.5) is 0 Å². The number of rotatable bonds is 5. The van der Waals surface area contributed by atoms with Crippen LogP contribution in [0.2, 0.25) is 0 Å². The maximum Gasteiger partial charge on any atom is 0.325 e. The zero-order chi connectivity index (χ0) is 11.8. The molecule has 86 valence electrons. The van der Waals surface area contributed by atoms with Gasteiger partial charge in [0.25, 0.3) is 0 Å². The maximum atomic E-state index is 11.2. The summed E-state index contributed by atoms with van der Waals surface area (Å²) in [7, 11) is 0. The van der Waals surface area contributed by atoms with E-state index in [9.17, 15) is 9.59 Å².